The molecular weight excluding hydrogens is 194 g/mol. The van der Waals surface area contributed by atoms with Crippen molar-refractivity contribution < 1.29 is 9.53 Å². The van der Waals surface area contributed by atoms with E-state index in [2.05, 4.69) is 21.3 Å². The van der Waals surface area contributed by atoms with Crippen LogP contribution >= 0.6 is 0 Å². The van der Waals surface area contributed by atoms with Crippen LogP contribution in [-0.2, 0) is 9.53 Å². The molecule has 0 spiro atoms. The third-order valence-corrected chi connectivity index (χ3v) is 1.18. The van der Waals surface area contributed by atoms with Gasteiger partial charge < -0.3 is 10.5 Å². The van der Waals surface area contributed by atoms with Crippen LogP contribution in [0.15, 0.2) is 36.9 Å². The van der Waals surface area contributed by atoms with Gasteiger partial charge in [-0.05, 0) is 13.0 Å². The van der Waals surface area contributed by atoms with E-state index >= 15 is 0 Å². The van der Waals surface area contributed by atoms with Crippen molar-refractivity contribution in [3.63, 3.8) is 0 Å². The van der Waals surface area contributed by atoms with Gasteiger partial charge in [-0.25, -0.2) is 14.8 Å². The van der Waals surface area contributed by atoms with Crippen molar-refractivity contribution in [1.29, 1.82) is 0 Å². The summed E-state index contributed by atoms with van der Waals surface area (Å²) in [4.78, 5) is 17.9. The first kappa shape index (κ1) is 13.2. The first-order valence-electron chi connectivity index (χ1n) is 4.41. The molecule has 0 bridgehead atoms. The Kier molecular flexibility index (Phi) is 7.80. The van der Waals surface area contributed by atoms with E-state index in [1.807, 2.05) is 0 Å². The highest BCUT2D eigenvalue weighted by Crippen LogP contribution is 1.89. The van der Waals surface area contributed by atoms with Gasteiger partial charge in [-0.15, -0.1) is 0 Å². The van der Waals surface area contributed by atoms with Crippen LogP contribution in [-0.4, -0.2) is 29.1 Å². The molecule has 0 radical (unpaired) electrons. The van der Waals surface area contributed by atoms with E-state index in [0.29, 0.717) is 12.1 Å². The van der Waals surface area contributed by atoms with Gasteiger partial charge in [0.1, 0.15) is 12.9 Å². The van der Waals surface area contributed by atoms with E-state index in [9.17, 15) is 4.79 Å². The number of carbonyl (C=O) groups excluding carboxylic acids is 1. The SMILES string of the molecule is C=C(C)C(=O)OCCN.c1cncnc1. The summed E-state index contributed by atoms with van der Waals surface area (Å²) in [5.74, 6) is -0.375. The predicted molar refractivity (Wildman–Crippen MR) is 56.9 cm³/mol. The maximum Gasteiger partial charge on any atom is 0.333 e. The van der Waals surface area contributed by atoms with Crippen LogP contribution in [0.1, 0.15) is 6.92 Å². The number of hydrogen-bond donors (Lipinski definition) is 1. The zero-order valence-corrected chi connectivity index (χ0v) is 8.72. The quantitative estimate of drug-likeness (QED) is 0.580. The van der Waals surface area contributed by atoms with Crippen LogP contribution in [0.4, 0.5) is 0 Å². The predicted octanol–water partition coefficient (Wildman–Crippen LogP) is 0.541. The highest BCUT2D eigenvalue weighted by Gasteiger charge is 1.99. The Morgan fingerprint density at radius 2 is 2.07 bits per heavy atom. The molecule has 0 saturated heterocycles. The van der Waals surface area contributed by atoms with E-state index in [0.717, 1.165) is 0 Å². The van der Waals surface area contributed by atoms with Crippen molar-refractivity contribution in [1.82, 2.24) is 9.97 Å². The molecule has 0 aliphatic heterocycles. The Morgan fingerprint density at radius 1 is 1.47 bits per heavy atom. The van der Waals surface area contributed by atoms with Crippen LogP contribution in [0.25, 0.3) is 0 Å². The van der Waals surface area contributed by atoms with E-state index in [-0.39, 0.29) is 12.6 Å². The topological polar surface area (TPSA) is 78.1 Å². The smallest absolute Gasteiger partial charge is 0.333 e. The monoisotopic (exact) mass is 209 g/mol. The van der Waals surface area contributed by atoms with Crippen LogP contribution < -0.4 is 5.73 Å². The maximum absolute atomic E-state index is 10.5. The van der Waals surface area contributed by atoms with E-state index in [1.165, 1.54) is 6.33 Å². The summed E-state index contributed by atoms with van der Waals surface area (Å²) in [5.41, 5.74) is 5.48. The van der Waals surface area contributed by atoms with E-state index in [4.69, 9.17) is 5.73 Å². The number of nitrogens with zero attached hydrogens (tertiary/aromatic N) is 2. The highest BCUT2D eigenvalue weighted by molar-refractivity contribution is 5.86. The second-order valence-corrected chi connectivity index (χ2v) is 2.61. The summed E-state index contributed by atoms with van der Waals surface area (Å²) in [6, 6.07) is 1.78. The lowest BCUT2D eigenvalue weighted by Crippen LogP contribution is -2.13. The van der Waals surface area contributed by atoms with Gasteiger partial charge in [0.2, 0.25) is 0 Å². The molecule has 0 unspecified atom stereocenters. The highest BCUT2D eigenvalue weighted by atomic mass is 16.5. The molecule has 0 aromatic carbocycles. The largest absolute Gasteiger partial charge is 0.461 e. The molecule has 0 saturated carbocycles. The molecule has 0 atom stereocenters. The minimum atomic E-state index is -0.375. The van der Waals surface area contributed by atoms with Gasteiger partial charge in [-0.2, -0.15) is 0 Å². The standard InChI is InChI=1S/C6H11NO2.C4H4N2/c1-5(2)6(8)9-4-3-7;1-2-5-4-6-3-1/h1,3-4,7H2,2H3;1-4H. The molecule has 1 heterocycles. The zero-order chi connectivity index (χ0) is 11.5. The lowest BCUT2D eigenvalue weighted by Gasteiger charge is -1.99. The maximum atomic E-state index is 10.5. The minimum Gasteiger partial charge on any atom is -0.461 e. The average Bonchev–Trinajstić information content (AvgIpc) is 2.29. The lowest BCUT2D eigenvalue weighted by atomic mass is 10.4. The third-order valence-electron chi connectivity index (χ3n) is 1.18. The van der Waals surface area contributed by atoms with Gasteiger partial charge in [0.15, 0.2) is 0 Å². The number of ether oxygens (including phenoxy) is 1. The number of rotatable bonds is 3. The Morgan fingerprint density at radius 3 is 2.33 bits per heavy atom. The van der Waals surface area contributed by atoms with Crippen LogP contribution in [0.5, 0.6) is 0 Å². The van der Waals surface area contributed by atoms with Gasteiger partial charge >= 0.3 is 5.97 Å². The van der Waals surface area contributed by atoms with Crippen molar-refractivity contribution in [2.24, 2.45) is 5.73 Å². The molecule has 0 aliphatic carbocycles. The minimum absolute atomic E-state index is 0.270. The summed E-state index contributed by atoms with van der Waals surface area (Å²) in [5, 5.41) is 0. The number of carbonyl (C=O) groups is 1. The molecular formula is C10H15N3O2. The number of aromatic nitrogens is 2. The molecule has 0 aliphatic rings. The fourth-order valence-electron chi connectivity index (χ4n) is 0.528. The van der Waals surface area contributed by atoms with Gasteiger partial charge in [-0.1, -0.05) is 6.58 Å². The first-order valence-corrected chi connectivity index (χ1v) is 4.41. The van der Waals surface area contributed by atoms with Gasteiger partial charge in [-0.3, -0.25) is 0 Å². The second-order valence-electron chi connectivity index (χ2n) is 2.61. The van der Waals surface area contributed by atoms with Crippen molar-refractivity contribution in [2.45, 2.75) is 6.92 Å². The molecule has 82 valence electrons. The van der Waals surface area contributed by atoms with Crippen molar-refractivity contribution >= 4 is 5.97 Å². The Hall–Kier alpha value is -1.75. The second kappa shape index (κ2) is 8.83. The third kappa shape index (κ3) is 8.58. The van der Waals surface area contributed by atoms with Gasteiger partial charge in [0.25, 0.3) is 0 Å². The van der Waals surface area contributed by atoms with E-state index in [1.54, 1.807) is 25.4 Å². The molecule has 1 aromatic heterocycles. The van der Waals surface area contributed by atoms with Crippen LogP contribution in [0.3, 0.4) is 0 Å². The average molecular weight is 209 g/mol. The van der Waals surface area contributed by atoms with Gasteiger partial charge in [0.05, 0.1) is 0 Å². The Labute approximate surface area is 89.0 Å². The normalized spacial score (nSPS) is 8.40. The summed E-state index contributed by atoms with van der Waals surface area (Å²) in [6.07, 6.45) is 4.88. The van der Waals surface area contributed by atoms with Crippen LogP contribution in [0.2, 0.25) is 0 Å². The summed E-state index contributed by atoms with van der Waals surface area (Å²) >= 11 is 0. The Balaban J connectivity index is 0.000000280. The van der Waals surface area contributed by atoms with Crippen molar-refractivity contribution in [2.75, 3.05) is 13.2 Å². The van der Waals surface area contributed by atoms with E-state index < -0.39 is 0 Å². The fraction of sp³-hybridized carbons (Fsp3) is 0.300. The number of esters is 1. The summed E-state index contributed by atoms with van der Waals surface area (Å²) in [6.45, 7) is 5.62. The molecule has 0 fully saturated rings. The first-order chi connectivity index (χ1) is 7.18. The molecule has 5 heteroatoms. The van der Waals surface area contributed by atoms with Gasteiger partial charge in [0, 0.05) is 24.5 Å². The molecule has 1 aromatic rings. The van der Waals surface area contributed by atoms with Crippen molar-refractivity contribution in [3.8, 4) is 0 Å². The fourth-order valence-corrected chi connectivity index (χ4v) is 0.528. The molecule has 5 nitrogen and oxygen atoms in total. The summed E-state index contributed by atoms with van der Waals surface area (Å²) in [7, 11) is 0. The van der Waals surface area contributed by atoms with Crippen LogP contribution in [0, 0.1) is 0 Å². The number of nitrogens with two attached hydrogens (primary N) is 1. The summed E-state index contributed by atoms with van der Waals surface area (Å²) < 4.78 is 4.59. The molecule has 15 heavy (non-hydrogen) atoms. The molecule has 1 rings (SSSR count). The lowest BCUT2D eigenvalue weighted by molar-refractivity contribution is -0.138. The number of hydrogen-bond acceptors (Lipinski definition) is 5. The molecule has 2 N–H and O–H groups in total. The Bertz CT molecular complexity index is 261. The zero-order valence-electron chi connectivity index (χ0n) is 8.72. The van der Waals surface area contributed by atoms with Crippen molar-refractivity contribution in [3.05, 3.63) is 36.9 Å². The molecule has 0 amide bonds.